The van der Waals surface area contributed by atoms with Crippen LogP contribution in [0.25, 0.3) is 0 Å². The van der Waals surface area contributed by atoms with E-state index >= 15 is 0 Å². The molecule has 19 heavy (non-hydrogen) atoms. The Balaban J connectivity index is 0.00000324. The third-order valence-electron chi connectivity index (χ3n) is 2.46. The van der Waals surface area contributed by atoms with Crippen molar-refractivity contribution in [2.45, 2.75) is 20.3 Å². The number of rotatable bonds is 8. The molecule has 0 aliphatic carbocycles. The fraction of sp³-hybridized carbons (Fsp3) is 0.500. The zero-order chi connectivity index (χ0) is 13.2. The first kappa shape index (κ1) is 17.7. The molecule has 0 unspecified atom stereocenters. The molecule has 0 aliphatic heterocycles. The smallest absolute Gasteiger partial charge is 0.223 e. The molecular weight excluding hydrogens is 264 g/mol. The van der Waals surface area contributed by atoms with Gasteiger partial charge in [0.1, 0.15) is 5.75 Å². The minimum absolute atomic E-state index is 0. The zero-order valence-electron chi connectivity index (χ0n) is 11.6. The van der Waals surface area contributed by atoms with E-state index in [0.717, 1.165) is 24.4 Å². The maximum absolute atomic E-state index is 11.4. The molecule has 0 saturated carbocycles. The van der Waals surface area contributed by atoms with Gasteiger partial charge in [-0.3, -0.25) is 4.79 Å². The predicted molar refractivity (Wildman–Crippen MR) is 80.1 cm³/mol. The number of nitrogens with one attached hydrogen (secondary N) is 2. The molecule has 2 N–H and O–H groups in total. The van der Waals surface area contributed by atoms with Gasteiger partial charge in [-0.1, -0.05) is 19.1 Å². The summed E-state index contributed by atoms with van der Waals surface area (Å²) >= 11 is 0. The van der Waals surface area contributed by atoms with Gasteiger partial charge in [0.15, 0.2) is 0 Å². The van der Waals surface area contributed by atoms with E-state index in [9.17, 15) is 4.79 Å². The highest BCUT2D eigenvalue weighted by Crippen LogP contribution is 2.12. The molecule has 1 rings (SSSR count). The normalized spacial score (nSPS) is 9.58. The van der Waals surface area contributed by atoms with E-state index in [2.05, 4.69) is 10.6 Å². The highest BCUT2D eigenvalue weighted by Gasteiger charge is 2.01. The van der Waals surface area contributed by atoms with E-state index in [1.807, 2.05) is 38.1 Å². The van der Waals surface area contributed by atoms with Gasteiger partial charge in [0, 0.05) is 13.1 Å². The van der Waals surface area contributed by atoms with Crippen LogP contribution in [0.1, 0.15) is 18.9 Å². The molecule has 0 fully saturated rings. The molecule has 0 heterocycles. The fourth-order valence-electron chi connectivity index (χ4n) is 1.52. The molecule has 0 aromatic heterocycles. The number of carbonyl (C=O) groups excluding carboxylic acids is 1. The Bertz CT molecular complexity index is 372. The van der Waals surface area contributed by atoms with Gasteiger partial charge in [-0.15, -0.1) is 12.4 Å². The summed E-state index contributed by atoms with van der Waals surface area (Å²) < 4.78 is 5.51. The van der Waals surface area contributed by atoms with Gasteiger partial charge in [-0.25, -0.2) is 0 Å². The third kappa shape index (κ3) is 8.46. The highest BCUT2D eigenvalue weighted by molar-refractivity contribution is 5.85. The Kier molecular flexibility index (Phi) is 9.94. The molecule has 4 nitrogen and oxygen atoms in total. The first-order valence-electron chi connectivity index (χ1n) is 6.39. The fourth-order valence-corrected chi connectivity index (χ4v) is 1.52. The van der Waals surface area contributed by atoms with E-state index in [1.54, 1.807) is 0 Å². The maximum atomic E-state index is 11.4. The Morgan fingerprint density at radius 3 is 2.79 bits per heavy atom. The quantitative estimate of drug-likeness (QED) is 0.718. The van der Waals surface area contributed by atoms with Crippen molar-refractivity contribution in [3.8, 4) is 5.75 Å². The van der Waals surface area contributed by atoms with Crippen LogP contribution in [0.4, 0.5) is 0 Å². The van der Waals surface area contributed by atoms with E-state index in [1.165, 1.54) is 0 Å². The molecule has 1 aromatic rings. The molecule has 0 atom stereocenters. The van der Waals surface area contributed by atoms with E-state index in [4.69, 9.17) is 4.74 Å². The van der Waals surface area contributed by atoms with Gasteiger partial charge in [0.25, 0.3) is 0 Å². The van der Waals surface area contributed by atoms with Gasteiger partial charge < -0.3 is 15.4 Å². The van der Waals surface area contributed by atoms with Crippen molar-refractivity contribution in [2.75, 3.05) is 26.2 Å². The number of ether oxygens (including phenoxy) is 1. The molecule has 0 aliphatic rings. The molecule has 5 heteroatoms. The maximum Gasteiger partial charge on any atom is 0.223 e. The molecule has 108 valence electrons. The average molecular weight is 287 g/mol. The minimum atomic E-state index is 0. The lowest BCUT2D eigenvalue weighted by Crippen LogP contribution is -2.32. The van der Waals surface area contributed by atoms with E-state index in [0.29, 0.717) is 19.6 Å². The molecule has 1 amide bonds. The van der Waals surface area contributed by atoms with Crippen molar-refractivity contribution in [3.63, 3.8) is 0 Å². The summed E-state index contributed by atoms with van der Waals surface area (Å²) in [6.07, 6.45) is 0.389. The minimum Gasteiger partial charge on any atom is -0.493 e. The van der Waals surface area contributed by atoms with Crippen LogP contribution >= 0.6 is 12.4 Å². The van der Waals surface area contributed by atoms with Gasteiger partial charge in [-0.2, -0.15) is 0 Å². The van der Waals surface area contributed by atoms with Crippen molar-refractivity contribution in [1.82, 2.24) is 10.6 Å². The lowest BCUT2D eigenvalue weighted by Gasteiger charge is -2.08. The highest BCUT2D eigenvalue weighted by atomic mass is 35.5. The molecule has 0 saturated heterocycles. The van der Waals surface area contributed by atoms with Crippen molar-refractivity contribution in [1.29, 1.82) is 0 Å². The van der Waals surface area contributed by atoms with E-state index in [-0.39, 0.29) is 18.3 Å². The van der Waals surface area contributed by atoms with Crippen LogP contribution < -0.4 is 15.4 Å². The summed E-state index contributed by atoms with van der Waals surface area (Å²) in [5, 5.41) is 5.98. The lowest BCUT2D eigenvalue weighted by molar-refractivity contribution is -0.121. The van der Waals surface area contributed by atoms with Gasteiger partial charge in [0.2, 0.25) is 5.91 Å². The van der Waals surface area contributed by atoms with Crippen LogP contribution in [0, 0.1) is 6.92 Å². The van der Waals surface area contributed by atoms with Crippen LogP contribution in [0.2, 0.25) is 0 Å². The lowest BCUT2D eigenvalue weighted by atomic mass is 10.2. The Morgan fingerprint density at radius 1 is 1.32 bits per heavy atom. The second-order valence-corrected chi connectivity index (χ2v) is 4.12. The van der Waals surface area contributed by atoms with Crippen LogP contribution in [0.5, 0.6) is 5.75 Å². The molecule has 0 spiro atoms. The first-order chi connectivity index (χ1) is 8.72. The number of hydrogen-bond acceptors (Lipinski definition) is 3. The number of halogens is 1. The summed E-state index contributed by atoms with van der Waals surface area (Å²) in [7, 11) is 0. The standard InChI is InChI=1S/C14H22N2O2.ClH/c1-3-15-8-9-16-14(17)7-10-18-13-6-4-5-12(2)11-13;/h4-6,11,15H,3,7-10H2,1-2H3,(H,16,17);1H. The first-order valence-corrected chi connectivity index (χ1v) is 6.39. The number of hydrogen-bond donors (Lipinski definition) is 2. The summed E-state index contributed by atoms with van der Waals surface area (Å²) in [6, 6.07) is 7.82. The second-order valence-electron chi connectivity index (χ2n) is 4.12. The summed E-state index contributed by atoms with van der Waals surface area (Å²) in [6.45, 7) is 6.86. The summed E-state index contributed by atoms with van der Waals surface area (Å²) in [4.78, 5) is 11.4. The summed E-state index contributed by atoms with van der Waals surface area (Å²) in [5.74, 6) is 0.844. The molecule has 0 bridgehead atoms. The molecule has 1 aromatic carbocycles. The van der Waals surface area contributed by atoms with Crippen LogP contribution in [0.3, 0.4) is 0 Å². The SMILES string of the molecule is CCNCCNC(=O)CCOc1cccc(C)c1.Cl. The topological polar surface area (TPSA) is 50.4 Å². The van der Waals surface area contributed by atoms with Crippen molar-refractivity contribution >= 4 is 18.3 Å². The number of amides is 1. The zero-order valence-corrected chi connectivity index (χ0v) is 12.4. The Morgan fingerprint density at radius 2 is 2.11 bits per heavy atom. The van der Waals surface area contributed by atoms with Crippen molar-refractivity contribution < 1.29 is 9.53 Å². The Labute approximate surface area is 121 Å². The van der Waals surface area contributed by atoms with Gasteiger partial charge in [-0.05, 0) is 31.2 Å². The number of carbonyl (C=O) groups is 1. The van der Waals surface area contributed by atoms with Gasteiger partial charge in [0.05, 0.1) is 13.0 Å². The predicted octanol–water partition coefficient (Wildman–Crippen LogP) is 1.91. The van der Waals surface area contributed by atoms with Crippen LogP contribution in [0.15, 0.2) is 24.3 Å². The van der Waals surface area contributed by atoms with Crippen LogP contribution in [-0.2, 0) is 4.79 Å². The molecular formula is C14H23ClN2O2. The van der Waals surface area contributed by atoms with E-state index < -0.39 is 0 Å². The number of likely N-dealkylation sites (N-methyl/N-ethyl adjacent to an activating group) is 1. The Hall–Kier alpha value is -1.26. The van der Waals surface area contributed by atoms with Crippen LogP contribution in [-0.4, -0.2) is 32.1 Å². The third-order valence-corrected chi connectivity index (χ3v) is 2.46. The van der Waals surface area contributed by atoms with Gasteiger partial charge >= 0.3 is 0 Å². The largest absolute Gasteiger partial charge is 0.493 e. The average Bonchev–Trinajstić information content (AvgIpc) is 2.35. The van der Waals surface area contributed by atoms with Crippen molar-refractivity contribution in [3.05, 3.63) is 29.8 Å². The summed E-state index contributed by atoms with van der Waals surface area (Å²) in [5.41, 5.74) is 1.16. The van der Waals surface area contributed by atoms with Crippen molar-refractivity contribution in [2.24, 2.45) is 0 Å². The second kappa shape index (κ2) is 10.6. The number of benzene rings is 1. The number of aryl methyl sites for hydroxylation is 1. The monoisotopic (exact) mass is 286 g/mol. The molecule has 0 radical (unpaired) electrons.